The van der Waals surface area contributed by atoms with Crippen molar-refractivity contribution >= 4 is 21.6 Å². The van der Waals surface area contributed by atoms with E-state index in [1.165, 1.54) is 6.42 Å². The molecule has 0 aromatic carbocycles. The summed E-state index contributed by atoms with van der Waals surface area (Å²) in [6.07, 6.45) is 6.20. The van der Waals surface area contributed by atoms with Crippen molar-refractivity contribution in [3.05, 3.63) is 21.0 Å². The van der Waals surface area contributed by atoms with Gasteiger partial charge in [0.25, 0.3) is 5.56 Å². The van der Waals surface area contributed by atoms with Crippen molar-refractivity contribution in [2.24, 2.45) is 0 Å². The highest BCUT2D eigenvalue weighted by atomic mass is 79.9. The fourth-order valence-electron chi connectivity index (χ4n) is 2.85. The van der Waals surface area contributed by atoms with Gasteiger partial charge in [-0.1, -0.05) is 13.3 Å². The number of piperidine rings is 1. The summed E-state index contributed by atoms with van der Waals surface area (Å²) in [4.78, 5) is 14.7. The molecular weight excluding hydrogens is 332 g/mol. The topological polar surface area (TPSA) is 50.2 Å². The minimum atomic E-state index is -0.0248. The lowest BCUT2D eigenvalue weighted by atomic mass is 10.1. The lowest BCUT2D eigenvalue weighted by Gasteiger charge is -2.35. The molecule has 21 heavy (non-hydrogen) atoms. The van der Waals surface area contributed by atoms with Gasteiger partial charge in [-0.2, -0.15) is 5.10 Å². The monoisotopic (exact) mass is 356 g/mol. The molecule has 1 unspecified atom stereocenters. The molecule has 0 spiro atoms. The van der Waals surface area contributed by atoms with Crippen molar-refractivity contribution in [3.63, 3.8) is 0 Å². The molecule has 6 heteroatoms. The van der Waals surface area contributed by atoms with Crippen LogP contribution in [0.1, 0.15) is 39.5 Å². The van der Waals surface area contributed by atoms with Crippen molar-refractivity contribution < 1.29 is 0 Å². The number of unbranched alkanes of at least 4 members (excludes halogenated alkanes) is 1. The summed E-state index contributed by atoms with van der Waals surface area (Å²) in [6, 6.07) is 0.438. The maximum Gasteiger partial charge on any atom is 0.283 e. The lowest BCUT2D eigenvalue weighted by molar-refractivity contribution is 0.433. The van der Waals surface area contributed by atoms with E-state index in [2.05, 4.69) is 45.1 Å². The van der Waals surface area contributed by atoms with Crippen molar-refractivity contribution in [2.45, 2.75) is 52.1 Å². The summed E-state index contributed by atoms with van der Waals surface area (Å²) in [5, 5.41) is 7.78. The summed E-state index contributed by atoms with van der Waals surface area (Å²) in [6.45, 7) is 7.87. The molecule has 0 bridgehead atoms. The van der Waals surface area contributed by atoms with E-state index < -0.39 is 0 Å². The number of nitrogens with one attached hydrogen (secondary N) is 1. The van der Waals surface area contributed by atoms with Crippen LogP contribution in [0.25, 0.3) is 0 Å². The number of anilines is 1. The average molecular weight is 357 g/mol. The Morgan fingerprint density at radius 1 is 1.52 bits per heavy atom. The second-order valence-corrected chi connectivity index (χ2v) is 6.30. The van der Waals surface area contributed by atoms with Gasteiger partial charge < -0.3 is 10.2 Å². The fourth-order valence-corrected chi connectivity index (χ4v) is 3.38. The number of halogens is 1. The van der Waals surface area contributed by atoms with Crippen LogP contribution in [0, 0.1) is 0 Å². The maximum absolute atomic E-state index is 12.4. The van der Waals surface area contributed by atoms with Gasteiger partial charge in [0, 0.05) is 25.7 Å². The second-order valence-electron chi connectivity index (χ2n) is 5.51. The molecule has 5 nitrogen and oxygen atoms in total. The number of aromatic nitrogens is 2. The summed E-state index contributed by atoms with van der Waals surface area (Å²) < 4.78 is 2.20. The zero-order valence-electron chi connectivity index (χ0n) is 12.9. The van der Waals surface area contributed by atoms with Gasteiger partial charge in [-0.05, 0) is 48.7 Å². The highest BCUT2D eigenvalue weighted by Gasteiger charge is 2.23. The van der Waals surface area contributed by atoms with E-state index in [4.69, 9.17) is 0 Å². The smallest absolute Gasteiger partial charge is 0.283 e. The molecule has 118 valence electrons. The Labute approximate surface area is 134 Å². The molecule has 1 aromatic heterocycles. The summed E-state index contributed by atoms with van der Waals surface area (Å²) in [5.41, 5.74) is 0.895. The van der Waals surface area contributed by atoms with Gasteiger partial charge in [-0.3, -0.25) is 4.79 Å². The normalized spacial score (nSPS) is 18.7. The molecule has 0 amide bonds. The van der Waals surface area contributed by atoms with Crippen molar-refractivity contribution in [1.82, 2.24) is 15.1 Å². The standard InChI is InChI=1S/C15H25BrN4O/c1-3-5-9-20-15(21)14(16)13(11-18-20)19(4-2)12-7-6-8-17-10-12/h11-12,17H,3-10H2,1-2H3. The van der Waals surface area contributed by atoms with Crippen molar-refractivity contribution in [1.29, 1.82) is 0 Å². The SMILES string of the molecule is CCCCn1ncc(N(CC)C2CCCNC2)c(Br)c1=O. The van der Waals surface area contributed by atoms with Gasteiger partial charge in [-0.15, -0.1) is 0 Å². The Bertz CT molecular complexity index is 511. The third-order valence-corrected chi connectivity index (χ3v) is 4.80. The first-order chi connectivity index (χ1) is 10.2. The van der Waals surface area contributed by atoms with Crippen LogP contribution in [-0.2, 0) is 6.54 Å². The average Bonchev–Trinajstić information content (AvgIpc) is 2.52. The van der Waals surface area contributed by atoms with E-state index in [1.54, 1.807) is 4.68 Å². The van der Waals surface area contributed by atoms with Gasteiger partial charge in [0.2, 0.25) is 0 Å². The van der Waals surface area contributed by atoms with E-state index in [9.17, 15) is 4.79 Å². The molecule has 0 aliphatic carbocycles. The molecule has 0 saturated carbocycles. The predicted molar refractivity (Wildman–Crippen MR) is 90.0 cm³/mol. The first-order valence-corrected chi connectivity index (χ1v) is 8.71. The molecule has 1 N–H and O–H groups in total. The van der Waals surface area contributed by atoms with Gasteiger partial charge in [0.1, 0.15) is 4.47 Å². The van der Waals surface area contributed by atoms with E-state index in [0.717, 1.165) is 44.6 Å². The number of aryl methyl sites for hydroxylation is 1. The molecule has 1 atom stereocenters. The van der Waals surface area contributed by atoms with Crippen molar-refractivity contribution in [3.8, 4) is 0 Å². The largest absolute Gasteiger partial charge is 0.365 e. The minimum Gasteiger partial charge on any atom is -0.365 e. The molecule has 1 aliphatic heterocycles. The molecule has 1 saturated heterocycles. The molecular formula is C15H25BrN4O. The van der Waals surface area contributed by atoms with Crippen LogP contribution >= 0.6 is 15.9 Å². The molecule has 1 aliphatic rings. The van der Waals surface area contributed by atoms with Crippen LogP contribution in [0.2, 0.25) is 0 Å². The quantitative estimate of drug-likeness (QED) is 0.849. The molecule has 0 radical (unpaired) electrons. The first-order valence-electron chi connectivity index (χ1n) is 7.92. The van der Waals surface area contributed by atoms with Crippen LogP contribution in [0.4, 0.5) is 5.69 Å². The molecule has 2 heterocycles. The van der Waals surface area contributed by atoms with Crippen LogP contribution in [0.5, 0.6) is 0 Å². The van der Waals surface area contributed by atoms with Gasteiger partial charge >= 0.3 is 0 Å². The maximum atomic E-state index is 12.4. The number of likely N-dealkylation sites (N-methyl/N-ethyl adjacent to an activating group) is 1. The predicted octanol–water partition coefficient (Wildman–Crippen LogP) is 2.38. The van der Waals surface area contributed by atoms with Crippen LogP contribution in [0.3, 0.4) is 0 Å². The van der Waals surface area contributed by atoms with Crippen LogP contribution < -0.4 is 15.8 Å². The fraction of sp³-hybridized carbons (Fsp3) is 0.733. The lowest BCUT2D eigenvalue weighted by Crippen LogP contribution is -2.46. The Kier molecular flexibility index (Phi) is 6.23. The van der Waals surface area contributed by atoms with Gasteiger partial charge in [0.05, 0.1) is 11.9 Å². The number of hydrogen-bond acceptors (Lipinski definition) is 4. The third-order valence-electron chi connectivity index (χ3n) is 4.05. The molecule has 1 aromatic rings. The second kappa shape index (κ2) is 7.94. The number of nitrogens with zero attached hydrogens (tertiary/aromatic N) is 3. The zero-order valence-corrected chi connectivity index (χ0v) is 14.5. The van der Waals surface area contributed by atoms with Crippen LogP contribution in [0.15, 0.2) is 15.5 Å². The highest BCUT2D eigenvalue weighted by Crippen LogP contribution is 2.25. The van der Waals surface area contributed by atoms with Crippen molar-refractivity contribution in [2.75, 3.05) is 24.5 Å². The van der Waals surface area contributed by atoms with E-state index in [0.29, 0.717) is 17.1 Å². The number of rotatable bonds is 6. The van der Waals surface area contributed by atoms with E-state index in [1.807, 2.05) is 6.20 Å². The Hall–Kier alpha value is -0.880. The highest BCUT2D eigenvalue weighted by molar-refractivity contribution is 9.10. The summed E-state index contributed by atoms with van der Waals surface area (Å²) in [5.74, 6) is 0. The zero-order chi connectivity index (χ0) is 15.2. The minimum absolute atomic E-state index is 0.0248. The Balaban J connectivity index is 2.25. The first kappa shape index (κ1) is 16.5. The summed E-state index contributed by atoms with van der Waals surface area (Å²) in [7, 11) is 0. The Morgan fingerprint density at radius 3 is 2.95 bits per heavy atom. The molecule has 2 rings (SSSR count). The van der Waals surface area contributed by atoms with Gasteiger partial charge in [-0.25, -0.2) is 4.68 Å². The summed E-state index contributed by atoms with van der Waals surface area (Å²) >= 11 is 3.50. The number of hydrogen-bond donors (Lipinski definition) is 1. The van der Waals surface area contributed by atoms with E-state index in [-0.39, 0.29) is 5.56 Å². The van der Waals surface area contributed by atoms with Crippen LogP contribution in [-0.4, -0.2) is 35.5 Å². The molecule has 1 fully saturated rings. The van der Waals surface area contributed by atoms with Gasteiger partial charge in [0.15, 0.2) is 0 Å². The third kappa shape index (κ3) is 3.86. The van der Waals surface area contributed by atoms with E-state index >= 15 is 0 Å². The Morgan fingerprint density at radius 2 is 2.33 bits per heavy atom.